The van der Waals surface area contributed by atoms with Crippen molar-refractivity contribution in [2.45, 2.75) is 19.0 Å². The third kappa shape index (κ3) is 0.383. The topological polar surface area (TPSA) is 12.4 Å². The molecule has 0 atom stereocenters. The van der Waals surface area contributed by atoms with Crippen LogP contribution in [0.1, 0.15) is 12.8 Å². The highest BCUT2D eigenvalue weighted by Gasteiger charge is 2.46. The molecule has 0 saturated heterocycles. The lowest BCUT2D eigenvalue weighted by molar-refractivity contribution is 0.0833. The van der Waals surface area contributed by atoms with E-state index < -0.39 is 6.17 Å². The Morgan fingerprint density at radius 2 is 2.25 bits per heavy atom. The molecule has 0 aromatic heterocycles. The van der Waals surface area contributed by atoms with E-state index in [2.05, 4.69) is 4.99 Å². The van der Waals surface area contributed by atoms with Gasteiger partial charge in [0.1, 0.15) is 6.17 Å². The Hall–Kier alpha value is -0.400. The zero-order chi connectivity index (χ0) is 5.61. The normalized spacial score (nSPS) is 50.9. The Bertz CT molecular complexity index is 135. The van der Waals surface area contributed by atoms with Crippen molar-refractivity contribution >= 4 is 6.21 Å². The third-order valence-corrected chi connectivity index (χ3v) is 2.03. The summed E-state index contributed by atoms with van der Waals surface area (Å²) in [6.45, 7) is 0.882. The first-order chi connectivity index (χ1) is 3.81. The number of halogens is 1. The summed E-state index contributed by atoms with van der Waals surface area (Å²) < 4.78 is 12.2. The molecule has 0 aromatic carbocycles. The molecule has 1 nitrogen and oxygen atoms in total. The molecule has 0 radical (unpaired) electrons. The molecular formula is C6H8FN. The number of hydrogen-bond donors (Lipinski definition) is 0. The first kappa shape index (κ1) is 4.48. The van der Waals surface area contributed by atoms with Crippen molar-refractivity contribution < 1.29 is 4.39 Å². The van der Waals surface area contributed by atoms with Crippen molar-refractivity contribution in [3.05, 3.63) is 0 Å². The maximum absolute atomic E-state index is 12.2. The number of nitrogens with zero attached hydrogens (tertiary/aromatic N) is 1. The van der Waals surface area contributed by atoms with E-state index in [1.807, 2.05) is 6.21 Å². The van der Waals surface area contributed by atoms with E-state index in [1.165, 1.54) is 0 Å². The van der Waals surface area contributed by atoms with Gasteiger partial charge in [0.15, 0.2) is 0 Å². The Kier molecular flexibility index (Phi) is 0.626. The summed E-state index contributed by atoms with van der Waals surface area (Å²) in [7, 11) is 0. The van der Waals surface area contributed by atoms with Crippen molar-refractivity contribution in [2.75, 3.05) is 6.54 Å². The van der Waals surface area contributed by atoms with Gasteiger partial charge in [0, 0.05) is 18.2 Å². The van der Waals surface area contributed by atoms with Crippen molar-refractivity contribution in [3.8, 4) is 0 Å². The lowest BCUT2D eigenvalue weighted by atomic mass is 9.66. The minimum absolute atomic E-state index is 0.249. The fourth-order valence-electron chi connectivity index (χ4n) is 1.41. The highest BCUT2D eigenvalue weighted by Crippen LogP contribution is 2.45. The molecule has 0 N–H and O–H groups in total. The predicted octanol–water partition coefficient (Wildman–Crippen LogP) is 1.19. The van der Waals surface area contributed by atoms with Gasteiger partial charge in [-0.25, -0.2) is 4.39 Å². The fraction of sp³-hybridized carbons (Fsp3) is 0.833. The zero-order valence-electron chi connectivity index (χ0n) is 4.60. The Morgan fingerprint density at radius 3 is 2.38 bits per heavy atom. The van der Waals surface area contributed by atoms with Crippen LogP contribution in [0.5, 0.6) is 0 Å². The van der Waals surface area contributed by atoms with Gasteiger partial charge in [0.25, 0.3) is 0 Å². The van der Waals surface area contributed by atoms with E-state index in [4.69, 9.17) is 0 Å². The Balaban J connectivity index is 2.03. The minimum atomic E-state index is -0.526. The van der Waals surface area contributed by atoms with Gasteiger partial charge in [-0.1, -0.05) is 0 Å². The average molecular weight is 113 g/mol. The summed E-state index contributed by atoms with van der Waals surface area (Å²) in [6, 6.07) is 0. The zero-order valence-corrected chi connectivity index (χ0v) is 4.60. The molecule has 0 bridgehead atoms. The van der Waals surface area contributed by atoms with Gasteiger partial charge < -0.3 is 0 Å². The van der Waals surface area contributed by atoms with Crippen LogP contribution in [0.3, 0.4) is 0 Å². The number of aliphatic imine (C=N–C) groups is 1. The predicted molar refractivity (Wildman–Crippen MR) is 29.9 cm³/mol. The number of rotatable bonds is 0. The first-order valence-corrected chi connectivity index (χ1v) is 2.96. The number of hydrogen-bond acceptors (Lipinski definition) is 1. The molecule has 1 spiro atoms. The first-order valence-electron chi connectivity index (χ1n) is 2.96. The van der Waals surface area contributed by atoms with Crippen molar-refractivity contribution in [3.63, 3.8) is 0 Å². The van der Waals surface area contributed by atoms with Gasteiger partial charge in [-0.15, -0.1) is 0 Å². The summed E-state index contributed by atoms with van der Waals surface area (Å²) in [5, 5.41) is 0. The molecular weight excluding hydrogens is 105 g/mol. The lowest BCUT2D eigenvalue weighted by Crippen LogP contribution is -2.47. The maximum atomic E-state index is 12.2. The molecule has 2 aliphatic rings. The van der Waals surface area contributed by atoms with E-state index in [0.717, 1.165) is 19.4 Å². The van der Waals surface area contributed by atoms with Gasteiger partial charge in [0.2, 0.25) is 0 Å². The van der Waals surface area contributed by atoms with Gasteiger partial charge in [-0.05, 0) is 12.8 Å². The molecule has 1 aliphatic carbocycles. The highest BCUT2D eigenvalue weighted by atomic mass is 19.1. The van der Waals surface area contributed by atoms with Crippen LogP contribution < -0.4 is 0 Å². The molecule has 1 aliphatic heterocycles. The molecule has 1 fully saturated rings. The van der Waals surface area contributed by atoms with E-state index >= 15 is 0 Å². The lowest BCUT2D eigenvalue weighted by Gasteiger charge is -2.44. The van der Waals surface area contributed by atoms with Crippen molar-refractivity contribution in [2.24, 2.45) is 10.4 Å². The summed E-state index contributed by atoms with van der Waals surface area (Å²) in [5.74, 6) is 0. The smallest absolute Gasteiger partial charge is 0.102 e. The monoisotopic (exact) mass is 113 g/mol. The standard InChI is InChI=1S/C6H8FN/c7-5-1-6(2-5)3-8-4-6/h3,5H,1-2,4H2. The fourth-order valence-corrected chi connectivity index (χ4v) is 1.41. The molecule has 1 heterocycles. The molecule has 44 valence electrons. The summed E-state index contributed by atoms with van der Waals surface area (Å²) in [6.07, 6.45) is 2.84. The van der Waals surface area contributed by atoms with Crippen LogP contribution in [0.25, 0.3) is 0 Å². The van der Waals surface area contributed by atoms with Crippen LogP contribution in [0.4, 0.5) is 4.39 Å². The molecule has 0 aromatic rings. The largest absolute Gasteiger partial charge is 0.296 e. The van der Waals surface area contributed by atoms with E-state index in [9.17, 15) is 4.39 Å². The van der Waals surface area contributed by atoms with Crippen LogP contribution in [-0.2, 0) is 0 Å². The molecule has 1 saturated carbocycles. The van der Waals surface area contributed by atoms with Crippen LogP contribution in [0.2, 0.25) is 0 Å². The maximum Gasteiger partial charge on any atom is 0.102 e. The van der Waals surface area contributed by atoms with Gasteiger partial charge in [-0.3, -0.25) is 4.99 Å². The van der Waals surface area contributed by atoms with Gasteiger partial charge in [0.05, 0.1) is 0 Å². The Labute approximate surface area is 47.6 Å². The van der Waals surface area contributed by atoms with Crippen LogP contribution in [0.15, 0.2) is 4.99 Å². The molecule has 0 unspecified atom stereocenters. The quantitative estimate of drug-likeness (QED) is 0.447. The van der Waals surface area contributed by atoms with Crippen molar-refractivity contribution in [1.82, 2.24) is 0 Å². The molecule has 8 heavy (non-hydrogen) atoms. The van der Waals surface area contributed by atoms with E-state index in [-0.39, 0.29) is 5.41 Å². The van der Waals surface area contributed by atoms with E-state index in [0.29, 0.717) is 0 Å². The van der Waals surface area contributed by atoms with Crippen molar-refractivity contribution in [1.29, 1.82) is 0 Å². The minimum Gasteiger partial charge on any atom is -0.296 e. The second kappa shape index (κ2) is 1.12. The molecule has 2 heteroatoms. The van der Waals surface area contributed by atoms with Crippen LogP contribution in [-0.4, -0.2) is 18.9 Å². The van der Waals surface area contributed by atoms with Gasteiger partial charge in [-0.2, -0.15) is 0 Å². The highest BCUT2D eigenvalue weighted by molar-refractivity contribution is 5.73. The second-order valence-electron chi connectivity index (χ2n) is 2.84. The average Bonchev–Trinajstić information content (AvgIpc) is 1.51. The second-order valence-corrected chi connectivity index (χ2v) is 2.84. The molecule has 2 rings (SSSR count). The van der Waals surface area contributed by atoms with E-state index in [1.54, 1.807) is 0 Å². The Morgan fingerprint density at radius 1 is 1.62 bits per heavy atom. The number of alkyl halides is 1. The van der Waals surface area contributed by atoms with Crippen LogP contribution in [0, 0.1) is 5.41 Å². The third-order valence-electron chi connectivity index (χ3n) is 2.03. The molecule has 0 amide bonds. The summed E-state index contributed by atoms with van der Waals surface area (Å²) >= 11 is 0. The van der Waals surface area contributed by atoms with Crippen LogP contribution >= 0.6 is 0 Å². The van der Waals surface area contributed by atoms with Gasteiger partial charge >= 0.3 is 0 Å². The SMILES string of the molecule is FC1CC2(C=NC2)C1. The summed E-state index contributed by atoms with van der Waals surface area (Å²) in [4.78, 5) is 3.93. The summed E-state index contributed by atoms with van der Waals surface area (Å²) in [5.41, 5.74) is 0.249.